The number of para-hydroxylation sites is 1. The molecule has 4 heterocycles. The minimum absolute atomic E-state index is 0.305. The number of ether oxygens (including phenoxy) is 1. The molecule has 152 valence electrons. The van der Waals surface area contributed by atoms with Crippen LogP contribution in [0.2, 0.25) is 0 Å². The second kappa shape index (κ2) is 7.67. The molecule has 3 aromatic rings. The lowest BCUT2D eigenvalue weighted by atomic mass is 9.78. The fourth-order valence-corrected chi connectivity index (χ4v) is 5.17. The van der Waals surface area contributed by atoms with Gasteiger partial charge < -0.3 is 14.6 Å². The molecule has 0 saturated carbocycles. The molecule has 0 unspecified atom stereocenters. The number of anilines is 1. The average molecular weight is 392 g/mol. The van der Waals surface area contributed by atoms with Gasteiger partial charge in [-0.25, -0.2) is 0 Å². The Balaban J connectivity index is 1.33. The summed E-state index contributed by atoms with van der Waals surface area (Å²) in [4.78, 5) is 17.4. The summed E-state index contributed by atoms with van der Waals surface area (Å²) >= 11 is 0. The Morgan fingerprint density at radius 3 is 2.79 bits per heavy atom. The van der Waals surface area contributed by atoms with Crippen LogP contribution in [0, 0.1) is 0 Å². The van der Waals surface area contributed by atoms with Crippen molar-refractivity contribution in [2.24, 2.45) is 0 Å². The molecule has 29 heavy (non-hydrogen) atoms. The van der Waals surface area contributed by atoms with Crippen LogP contribution in [0.4, 0.5) is 5.82 Å². The molecule has 0 aliphatic carbocycles. The Kier molecular flexibility index (Phi) is 4.87. The van der Waals surface area contributed by atoms with Crippen LogP contribution in [0.25, 0.3) is 10.9 Å². The lowest BCUT2D eigenvalue weighted by molar-refractivity contribution is 0.0186. The third-order valence-corrected chi connectivity index (χ3v) is 6.85. The maximum atomic E-state index is 5.25. The summed E-state index contributed by atoms with van der Waals surface area (Å²) in [6.45, 7) is 4.26. The van der Waals surface area contributed by atoms with Crippen molar-refractivity contribution in [2.75, 3.05) is 31.6 Å². The van der Waals surface area contributed by atoms with Crippen LogP contribution in [0.1, 0.15) is 37.7 Å². The third kappa shape index (κ3) is 3.46. The molecular weight excluding hydrogens is 362 g/mol. The van der Waals surface area contributed by atoms with Crippen molar-refractivity contribution >= 4 is 16.7 Å². The van der Waals surface area contributed by atoms with Crippen LogP contribution in [0.15, 0.2) is 42.9 Å². The lowest BCUT2D eigenvalue weighted by Crippen LogP contribution is -2.57. The summed E-state index contributed by atoms with van der Waals surface area (Å²) < 4.78 is 5.25. The SMILES string of the molecule is COc1cncc(N2CCC3(CCCCN3Cc3c[nH]c4ccccc34)CC2)n1. The van der Waals surface area contributed by atoms with Crippen molar-refractivity contribution < 1.29 is 4.74 Å². The smallest absolute Gasteiger partial charge is 0.233 e. The Morgan fingerprint density at radius 1 is 1.07 bits per heavy atom. The number of piperidine rings is 2. The highest BCUT2D eigenvalue weighted by Gasteiger charge is 2.41. The molecule has 0 amide bonds. The van der Waals surface area contributed by atoms with Gasteiger partial charge in [-0.15, -0.1) is 0 Å². The van der Waals surface area contributed by atoms with Crippen molar-refractivity contribution in [3.8, 4) is 5.88 Å². The van der Waals surface area contributed by atoms with Gasteiger partial charge in [0, 0.05) is 42.3 Å². The molecule has 2 fully saturated rings. The van der Waals surface area contributed by atoms with Gasteiger partial charge in [0.2, 0.25) is 5.88 Å². The van der Waals surface area contributed by atoms with Gasteiger partial charge in [-0.2, -0.15) is 4.98 Å². The molecule has 0 atom stereocenters. The predicted molar refractivity (Wildman–Crippen MR) is 115 cm³/mol. The zero-order chi connectivity index (χ0) is 19.7. The quantitative estimate of drug-likeness (QED) is 0.729. The van der Waals surface area contributed by atoms with Gasteiger partial charge in [-0.1, -0.05) is 24.6 Å². The van der Waals surface area contributed by atoms with Crippen molar-refractivity contribution in [1.82, 2.24) is 19.9 Å². The van der Waals surface area contributed by atoms with E-state index in [1.807, 2.05) is 6.20 Å². The lowest BCUT2D eigenvalue weighted by Gasteiger charge is -2.52. The fraction of sp³-hybridized carbons (Fsp3) is 0.478. The number of hydrogen-bond acceptors (Lipinski definition) is 5. The normalized spacial score (nSPS) is 19.7. The van der Waals surface area contributed by atoms with Crippen LogP contribution >= 0.6 is 0 Å². The Hall–Kier alpha value is -2.60. The van der Waals surface area contributed by atoms with Gasteiger partial charge in [0.05, 0.1) is 19.5 Å². The highest BCUT2D eigenvalue weighted by Crippen LogP contribution is 2.39. The molecule has 2 aromatic heterocycles. The van der Waals surface area contributed by atoms with Gasteiger partial charge in [-0.05, 0) is 43.9 Å². The first-order valence-electron chi connectivity index (χ1n) is 10.7. The van der Waals surface area contributed by atoms with Crippen LogP contribution < -0.4 is 9.64 Å². The third-order valence-electron chi connectivity index (χ3n) is 6.85. The van der Waals surface area contributed by atoms with Gasteiger partial charge in [0.1, 0.15) is 0 Å². The molecule has 2 aliphatic rings. The summed E-state index contributed by atoms with van der Waals surface area (Å²) in [6, 6.07) is 8.64. The Morgan fingerprint density at radius 2 is 1.93 bits per heavy atom. The molecular formula is C23H29N5O. The molecule has 1 spiro atoms. The standard InChI is InChI=1S/C23H29N5O/c1-29-22-16-24-15-21(26-22)27-12-9-23(10-13-27)8-4-5-11-28(23)17-18-14-25-20-7-3-2-6-19(18)20/h2-3,6-7,14-16,25H,4-5,8-13,17H2,1H3. The molecule has 5 rings (SSSR count). The monoisotopic (exact) mass is 391 g/mol. The van der Waals surface area contributed by atoms with E-state index in [1.54, 1.807) is 13.3 Å². The zero-order valence-electron chi connectivity index (χ0n) is 17.1. The first-order chi connectivity index (χ1) is 14.3. The van der Waals surface area contributed by atoms with E-state index >= 15 is 0 Å². The predicted octanol–water partition coefficient (Wildman–Crippen LogP) is 3.99. The number of H-pyrrole nitrogens is 1. The summed E-state index contributed by atoms with van der Waals surface area (Å²) in [6.07, 6.45) is 12.0. The van der Waals surface area contributed by atoms with E-state index in [4.69, 9.17) is 4.74 Å². The number of benzene rings is 1. The molecule has 0 radical (unpaired) electrons. The van der Waals surface area contributed by atoms with Gasteiger partial charge in [0.15, 0.2) is 5.82 Å². The highest BCUT2D eigenvalue weighted by atomic mass is 16.5. The molecule has 0 bridgehead atoms. The summed E-state index contributed by atoms with van der Waals surface area (Å²) in [7, 11) is 1.64. The Bertz CT molecular complexity index is 976. The fourth-order valence-electron chi connectivity index (χ4n) is 5.17. The van der Waals surface area contributed by atoms with Gasteiger partial charge >= 0.3 is 0 Å². The van der Waals surface area contributed by atoms with E-state index in [-0.39, 0.29) is 0 Å². The van der Waals surface area contributed by atoms with Crippen LogP contribution in [-0.4, -0.2) is 52.1 Å². The molecule has 1 aromatic carbocycles. The van der Waals surface area contributed by atoms with E-state index in [9.17, 15) is 0 Å². The highest BCUT2D eigenvalue weighted by molar-refractivity contribution is 5.82. The number of hydrogen-bond donors (Lipinski definition) is 1. The number of rotatable bonds is 4. The van der Waals surface area contributed by atoms with Crippen molar-refractivity contribution in [3.05, 3.63) is 48.4 Å². The van der Waals surface area contributed by atoms with E-state index in [1.165, 1.54) is 55.1 Å². The average Bonchev–Trinajstić information content (AvgIpc) is 3.19. The van der Waals surface area contributed by atoms with E-state index in [2.05, 4.69) is 55.2 Å². The molecule has 6 nitrogen and oxygen atoms in total. The maximum Gasteiger partial charge on any atom is 0.233 e. The summed E-state index contributed by atoms with van der Waals surface area (Å²) in [5.41, 5.74) is 2.96. The minimum Gasteiger partial charge on any atom is -0.480 e. The Labute approximate surface area is 171 Å². The van der Waals surface area contributed by atoms with Crippen molar-refractivity contribution in [2.45, 2.75) is 44.2 Å². The second-order valence-corrected chi connectivity index (χ2v) is 8.37. The number of likely N-dealkylation sites (tertiary alicyclic amines) is 1. The molecule has 1 N–H and O–H groups in total. The van der Waals surface area contributed by atoms with Crippen LogP contribution in [0.3, 0.4) is 0 Å². The van der Waals surface area contributed by atoms with Crippen molar-refractivity contribution in [3.63, 3.8) is 0 Å². The minimum atomic E-state index is 0.305. The van der Waals surface area contributed by atoms with Gasteiger partial charge in [-0.3, -0.25) is 9.88 Å². The summed E-state index contributed by atoms with van der Waals surface area (Å²) in [5.74, 6) is 1.51. The zero-order valence-corrected chi connectivity index (χ0v) is 17.1. The number of nitrogens with one attached hydrogen (secondary N) is 1. The van der Waals surface area contributed by atoms with Crippen LogP contribution in [0.5, 0.6) is 5.88 Å². The van der Waals surface area contributed by atoms with E-state index in [0.29, 0.717) is 11.4 Å². The van der Waals surface area contributed by atoms with E-state index in [0.717, 1.165) is 25.5 Å². The summed E-state index contributed by atoms with van der Waals surface area (Å²) in [5, 5.41) is 1.36. The second-order valence-electron chi connectivity index (χ2n) is 8.37. The largest absolute Gasteiger partial charge is 0.480 e. The number of methoxy groups -OCH3 is 1. The first-order valence-corrected chi connectivity index (χ1v) is 10.7. The first kappa shape index (κ1) is 18.4. The van der Waals surface area contributed by atoms with E-state index < -0.39 is 0 Å². The number of aromatic nitrogens is 3. The van der Waals surface area contributed by atoms with Crippen LogP contribution in [-0.2, 0) is 6.54 Å². The number of aromatic amines is 1. The topological polar surface area (TPSA) is 57.3 Å². The molecule has 2 saturated heterocycles. The maximum absolute atomic E-state index is 5.25. The van der Waals surface area contributed by atoms with Crippen molar-refractivity contribution in [1.29, 1.82) is 0 Å². The number of fused-ring (bicyclic) bond motifs is 1. The number of nitrogens with zero attached hydrogens (tertiary/aromatic N) is 4. The van der Waals surface area contributed by atoms with Gasteiger partial charge in [0.25, 0.3) is 0 Å². The molecule has 2 aliphatic heterocycles. The molecule has 6 heteroatoms.